The van der Waals surface area contributed by atoms with Crippen LogP contribution in [-0.2, 0) is 21.1 Å². The Balaban J connectivity index is 1.49. The van der Waals surface area contributed by atoms with Gasteiger partial charge in [-0.25, -0.2) is 13.9 Å². The number of sulfone groups is 1. The van der Waals surface area contributed by atoms with E-state index in [2.05, 4.69) is 14.9 Å². The lowest BCUT2D eigenvalue weighted by Crippen LogP contribution is -2.58. The summed E-state index contributed by atoms with van der Waals surface area (Å²) in [5.41, 5.74) is 3.01. The number of nitrogens with one attached hydrogen (secondary N) is 1. The Morgan fingerprint density at radius 3 is 2.29 bits per heavy atom. The smallest absolute Gasteiger partial charge is 0.300 e. The molecule has 35 heavy (non-hydrogen) atoms. The van der Waals surface area contributed by atoms with Gasteiger partial charge in [-0.05, 0) is 50.7 Å². The average Bonchev–Trinajstić information content (AvgIpc) is 3.69. The molecule has 2 N–H and O–H groups in total. The quantitative estimate of drug-likeness (QED) is 0.412. The monoisotopic (exact) mass is 512 g/mol. The van der Waals surface area contributed by atoms with E-state index in [0.717, 1.165) is 12.8 Å². The molecule has 190 valence electrons. The molecule has 0 unspecified atom stereocenters. The largest absolute Gasteiger partial charge is 0.389 e. The van der Waals surface area contributed by atoms with Gasteiger partial charge in [-0.2, -0.15) is 13.2 Å². The van der Waals surface area contributed by atoms with Crippen molar-refractivity contribution in [2.24, 2.45) is 0 Å². The van der Waals surface area contributed by atoms with E-state index in [1.807, 2.05) is 0 Å². The van der Waals surface area contributed by atoms with Gasteiger partial charge in [-0.3, -0.25) is 20.0 Å². The van der Waals surface area contributed by atoms with E-state index in [4.69, 9.17) is 0 Å². The van der Waals surface area contributed by atoms with Gasteiger partial charge in [0.2, 0.25) is 0 Å². The van der Waals surface area contributed by atoms with Gasteiger partial charge in [0.25, 0.3) is 5.91 Å². The summed E-state index contributed by atoms with van der Waals surface area (Å²) in [7, 11) is -4.12. The van der Waals surface area contributed by atoms with Gasteiger partial charge in [0.1, 0.15) is 0 Å². The van der Waals surface area contributed by atoms with Crippen molar-refractivity contribution in [3.05, 3.63) is 42.4 Å². The first-order chi connectivity index (χ1) is 16.6. The third kappa shape index (κ3) is 5.49. The molecule has 1 aromatic carbocycles. The molecule has 0 bridgehead atoms. The lowest BCUT2D eigenvalue weighted by molar-refractivity contribution is -0.135. The minimum absolute atomic E-state index is 0.0403. The van der Waals surface area contributed by atoms with Crippen molar-refractivity contribution in [1.29, 1.82) is 0 Å². The predicted octanol–water partition coefficient (Wildman–Crippen LogP) is 3.30. The number of carbonyl (C=O) groups excluding carboxylic acids is 1. The highest BCUT2D eigenvalue weighted by molar-refractivity contribution is 7.93. The molecule has 1 aliphatic heterocycles. The second-order valence-electron chi connectivity index (χ2n) is 9.09. The van der Waals surface area contributed by atoms with Crippen molar-refractivity contribution >= 4 is 15.7 Å². The van der Waals surface area contributed by atoms with Gasteiger partial charge < -0.3 is 4.90 Å². The van der Waals surface area contributed by atoms with Crippen molar-refractivity contribution in [1.82, 2.24) is 20.3 Å². The van der Waals surface area contributed by atoms with E-state index >= 15 is 0 Å². The third-order valence-corrected chi connectivity index (χ3v) is 9.27. The minimum Gasteiger partial charge on any atom is -0.300 e. The lowest BCUT2D eigenvalue weighted by Gasteiger charge is -2.39. The van der Waals surface area contributed by atoms with Crippen LogP contribution in [0.4, 0.5) is 13.2 Å². The van der Waals surface area contributed by atoms with Crippen LogP contribution in [0.15, 0.2) is 41.6 Å². The van der Waals surface area contributed by atoms with Crippen LogP contribution in [0.3, 0.4) is 0 Å². The molecular weight excluding hydrogens is 485 g/mol. The summed E-state index contributed by atoms with van der Waals surface area (Å²) in [6.07, 6.45) is 0.132. The van der Waals surface area contributed by atoms with E-state index < -0.39 is 33.1 Å². The molecule has 1 aliphatic carbocycles. The van der Waals surface area contributed by atoms with Gasteiger partial charge in [0, 0.05) is 37.3 Å². The number of alkyl halides is 3. The number of rotatable bonds is 8. The summed E-state index contributed by atoms with van der Waals surface area (Å²) in [6.45, 7) is 0.917. The van der Waals surface area contributed by atoms with Crippen molar-refractivity contribution in [2.75, 3.05) is 13.1 Å². The number of hydrogen-bond acceptors (Lipinski definition) is 7. The molecule has 1 saturated heterocycles. The van der Waals surface area contributed by atoms with Gasteiger partial charge in [0.05, 0.1) is 22.5 Å². The highest BCUT2D eigenvalue weighted by atomic mass is 32.2. The molecule has 2 aromatic rings. The Morgan fingerprint density at radius 2 is 1.77 bits per heavy atom. The number of piperidine rings is 1. The molecule has 2 aliphatic rings. The van der Waals surface area contributed by atoms with Crippen molar-refractivity contribution < 1.29 is 31.6 Å². The molecule has 2 fully saturated rings. The van der Waals surface area contributed by atoms with Gasteiger partial charge in [0.15, 0.2) is 14.6 Å². The number of aryl methyl sites for hydroxylation is 1. The molecule has 1 aromatic heterocycles. The second-order valence-corrected chi connectivity index (χ2v) is 11.4. The Labute approximate surface area is 201 Å². The fraction of sp³-hybridized carbons (Fsp3) is 0.522. The van der Waals surface area contributed by atoms with E-state index in [-0.39, 0.29) is 30.6 Å². The highest BCUT2D eigenvalue weighted by Gasteiger charge is 2.54. The van der Waals surface area contributed by atoms with E-state index in [9.17, 15) is 31.6 Å². The number of amides is 1. The standard InChI is InChI=1S/C23H27F3N4O4S/c24-23(25,26)9-1-2-17-14-28-20(15-27-17)16-3-7-19(8-4-16)35(33,34)22(21(31)29-32)10-12-30(13-11-22)18-5-6-18/h3-4,7-8,14-15,18,32H,1-2,5-6,9-13H2,(H,29,31). The second kappa shape index (κ2) is 9.82. The van der Waals surface area contributed by atoms with E-state index in [0.29, 0.717) is 36.1 Å². The molecule has 1 amide bonds. The summed E-state index contributed by atoms with van der Waals surface area (Å²) >= 11 is 0. The summed E-state index contributed by atoms with van der Waals surface area (Å²) in [6, 6.07) is 6.32. The maximum Gasteiger partial charge on any atom is 0.389 e. The Bertz CT molecular complexity index is 1140. The molecule has 1 saturated carbocycles. The maximum atomic E-state index is 13.6. The molecule has 4 rings (SSSR count). The fourth-order valence-electron chi connectivity index (χ4n) is 4.54. The lowest BCUT2D eigenvalue weighted by atomic mass is 9.94. The van der Waals surface area contributed by atoms with Gasteiger partial charge in [-0.1, -0.05) is 12.1 Å². The molecule has 0 atom stereocenters. The number of hydrogen-bond donors (Lipinski definition) is 2. The Kier molecular flexibility index (Phi) is 7.16. The van der Waals surface area contributed by atoms with Crippen molar-refractivity contribution in [2.45, 2.75) is 66.8 Å². The van der Waals surface area contributed by atoms with E-state index in [1.165, 1.54) is 24.5 Å². The average molecular weight is 513 g/mol. The number of benzene rings is 1. The van der Waals surface area contributed by atoms with Crippen LogP contribution in [0.25, 0.3) is 11.3 Å². The van der Waals surface area contributed by atoms with Crippen LogP contribution < -0.4 is 5.48 Å². The summed E-state index contributed by atoms with van der Waals surface area (Å²) in [5, 5.41) is 9.31. The van der Waals surface area contributed by atoms with Crippen LogP contribution in [0, 0.1) is 0 Å². The first-order valence-electron chi connectivity index (χ1n) is 11.5. The molecule has 8 nitrogen and oxygen atoms in total. The predicted molar refractivity (Wildman–Crippen MR) is 120 cm³/mol. The Hall–Kier alpha value is -2.57. The van der Waals surface area contributed by atoms with Crippen LogP contribution in [0.5, 0.6) is 0 Å². The number of hydroxylamine groups is 1. The zero-order valence-corrected chi connectivity index (χ0v) is 19.8. The molecule has 2 heterocycles. The number of aromatic nitrogens is 2. The molecule has 0 spiro atoms. The summed E-state index contributed by atoms with van der Waals surface area (Å²) in [4.78, 5) is 23.2. The molecule has 0 radical (unpaired) electrons. The summed E-state index contributed by atoms with van der Waals surface area (Å²) in [5.74, 6) is -0.927. The normalized spacial score (nSPS) is 18.9. The van der Waals surface area contributed by atoms with E-state index in [1.54, 1.807) is 17.6 Å². The highest BCUT2D eigenvalue weighted by Crippen LogP contribution is 2.39. The molecule has 12 heteroatoms. The topological polar surface area (TPSA) is 112 Å². The maximum absolute atomic E-state index is 13.6. The number of halogens is 3. The third-order valence-electron chi connectivity index (χ3n) is 6.76. The number of carbonyl (C=O) groups is 1. The van der Waals surface area contributed by atoms with Crippen LogP contribution in [0.2, 0.25) is 0 Å². The minimum atomic E-state index is -4.21. The first-order valence-corrected chi connectivity index (χ1v) is 13.0. The van der Waals surface area contributed by atoms with Crippen LogP contribution in [-0.4, -0.2) is 64.5 Å². The van der Waals surface area contributed by atoms with Crippen molar-refractivity contribution in [3.63, 3.8) is 0 Å². The number of nitrogens with zero attached hydrogens (tertiary/aromatic N) is 3. The SMILES string of the molecule is O=C(NO)C1(S(=O)(=O)c2ccc(-c3cnc(CCCC(F)(F)F)cn3)cc2)CCN(C2CC2)CC1. The molecular formula is C23H27F3N4O4S. The summed E-state index contributed by atoms with van der Waals surface area (Å²) < 4.78 is 62.3. The number of likely N-dealkylation sites (tertiary alicyclic amines) is 1. The zero-order valence-electron chi connectivity index (χ0n) is 19.0. The van der Waals surface area contributed by atoms with Crippen LogP contribution >= 0.6 is 0 Å². The fourth-order valence-corrected chi connectivity index (χ4v) is 6.50. The van der Waals surface area contributed by atoms with Gasteiger partial charge >= 0.3 is 6.18 Å². The van der Waals surface area contributed by atoms with Crippen molar-refractivity contribution in [3.8, 4) is 11.3 Å². The van der Waals surface area contributed by atoms with Gasteiger partial charge in [-0.15, -0.1) is 0 Å². The van der Waals surface area contributed by atoms with Crippen LogP contribution in [0.1, 0.15) is 44.2 Å². The zero-order chi connectivity index (χ0) is 25.3. The Morgan fingerprint density at radius 1 is 1.11 bits per heavy atom. The first kappa shape index (κ1) is 25.5.